The second-order valence-corrected chi connectivity index (χ2v) is 11.1. The minimum Gasteiger partial charge on any atom is -0.478 e. The average molecular weight is 560 g/mol. The Morgan fingerprint density at radius 1 is 0.814 bits per heavy atom. The maximum Gasteiger partial charge on any atom is 0.265 e. The van der Waals surface area contributed by atoms with Crippen molar-refractivity contribution in [3.8, 4) is 6.07 Å². The van der Waals surface area contributed by atoms with Crippen molar-refractivity contribution in [2.24, 2.45) is 0 Å². The second-order valence-electron chi connectivity index (χ2n) is 11.1. The first kappa shape index (κ1) is 27.8. The molecule has 2 aliphatic rings. The van der Waals surface area contributed by atoms with Crippen LogP contribution in [0.3, 0.4) is 0 Å². The van der Waals surface area contributed by atoms with E-state index in [0.29, 0.717) is 23.7 Å². The van der Waals surface area contributed by atoms with E-state index in [1.807, 2.05) is 78.9 Å². The molecule has 1 saturated heterocycles. The predicted octanol–water partition coefficient (Wildman–Crippen LogP) is 9.03. The molecular weight excluding hydrogens is 526 g/mol. The van der Waals surface area contributed by atoms with Crippen LogP contribution in [0.4, 0.5) is 5.69 Å². The minimum atomic E-state index is -0.866. The zero-order chi connectivity index (χ0) is 29.5. The van der Waals surface area contributed by atoms with Crippen molar-refractivity contribution in [1.29, 1.82) is 5.26 Å². The van der Waals surface area contributed by atoms with Crippen molar-refractivity contribution in [2.45, 2.75) is 30.8 Å². The smallest absolute Gasteiger partial charge is 0.265 e. The summed E-state index contributed by atoms with van der Waals surface area (Å²) in [6.45, 7) is 9.75. The number of nitrogens with zero attached hydrogens (tertiary/aromatic N) is 3. The summed E-state index contributed by atoms with van der Waals surface area (Å²) in [6.07, 6.45) is 8.52. The molecule has 0 spiro atoms. The standard InChI is InChI=1S/C39H33N3O/c1-41-38(29-40)33-27-37(43-39(28-33,34-13-7-3-8-14-34)35-15-9-4-10-16-35)22-19-30-17-20-36(21-18-30)42-25-23-32(24-26-42)31-11-5-2-6-12-31/h2-22,27,32H,23-26,28H2. The van der Waals surface area contributed by atoms with Gasteiger partial charge in [0.25, 0.3) is 5.70 Å². The van der Waals surface area contributed by atoms with Crippen LogP contribution in [0.5, 0.6) is 0 Å². The summed E-state index contributed by atoms with van der Waals surface area (Å²) in [6, 6.07) is 41.7. The first-order valence-electron chi connectivity index (χ1n) is 14.8. The Morgan fingerprint density at radius 3 is 1.95 bits per heavy atom. The van der Waals surface area contributed by atoms with Gasteiger partial charge in [0.15, 0.2) is 5.60 Å². The minimum absolute atomic E-state index is 0.0887. The number of allylic oxidation sites excluding steroid dienone is 3. The summed E-state index contributed by atoms with van der Waals surface area (Å²) in [7, 11) is 0. The fraction of sp³-hybridized carbons (Fsp3) is 0.179. The van der Waals surface area contributed by atoms with Gasteiger partial charge in [-0.2, -0.15) is 0 Å². The number of anilines is 1. The number of hydrogen-bond acceptors (Lipinski definition) is 3. The van der Waals surface area contributed by atoms with Crippen LogP contribution < -0.4 is 4.90 Å². The molecule has 0 saturated carbocycles. The number of nitriles is 1. The normalized spacial score (nSPS) is 17.8. The zero-order valence-corrected chi connectivity index (χ0v) is 24.1. The summed E-state index contributed by atoms with van der Waals surface area (Å²) >= 11 is 0. The third-order valence-electron chi connectivity index (χ3n) is 8.51. The van der Waals surface area contributed by atoms with Crippen LogP contribution in [0.2, 0.25) is 0 Å². The largest absolute Gasteiger partial charge is 0.478 e. The van der Waals surface area contributed by atoms with Gasteiger partial charge in [0.1, 0.15) is 5.76 Å². The third-order valence-corrected chi connectivity index (χ3v) is 8.51. The monoisotopic (exact) mass is 559 g/mol. The summed E-state index contributed by atoms with van der Waals surface area (Å²) in [4.78, 5) is 6.02. The molecule has 4 aromatic carbocycles. The fourth-order valence-electron chi connectivity index (χ4n) is 6.23. The van der Waals surface area contributed by atoms with Gasteiger partial charge in [-0.3, -0.25) is 0 Å². The van der Waals surface area contributed by atoms with E-state index in [1.165, 1.54) is 11.3 Å². The van der Waals surface area contributed by atoms with Crippen molar-refractivity contribution < 1.29 is 4.74 Å². The van der Waals surface area contributed by atoms with Crippen LogP contribution in [0.25, 0.3) is 10.9 Å². The van der Waals surface area contributed by atoms with Crippen molar-refractivity contribution in [3.05, 3.63) is 178 Å². The van der Waals surface area contributed by atoms with Gasteiger partial charge in [-0.15, -0.1) is 0 Å². The van der Waals surface area contributed by atoms with Crippen LogP contribution in [-0.4, -0.2) is 13.1 Å². The van der Waals surface area contributed by atoms with Gasteiger partial charge in [-0.1, -0.05) is 109 Å². The molecule has 0 aromatic heterocycles. The molecule has 0 N–H and O–H groups in total. The number of hydrogen-bond donors (Lipinski definition) is 0. The molecule has 0 bridgehead atoms. The Morgan fingerprint density at radius 2 is 1.40 bits per heavy atom. The maximum absolute atomic E-state index is 9.78. The Hall–Kier alpha value is -5.32. The Labute approximate surface area is 254 Å². The first-order chi connectivity index (χ1) is 21.2. The Bertz CT molecular complexity index is 1660. The van der Waals surface area contributed by atoms with E-state index in [0.717, 1.165) is 42.6 Å². The lowest BCUT2D eigenvalue weighted by Crippen LogP contribution is -2.34. The van der Waals surface area contributed by atoms with Crippen molar-refractivity contribution in [3.63, 3.8) is 0 Å². The molecule has 0 amide bonds. The Balaban J connectivity index is 1.25. The van der Waals surface area contributed by atoms with Gasteiger partial charge in [-0.25, -0.2) is 10.1 Å². The highest BCUT2D eigenvalue weighted by atomic mass is 16.5. The van der Waals surface area contributed by atoms with Gasteiger partial charge in [0.05, 0.1) is 12.6 Å². The van der Waals surface area contributed by atoms with E-state index in [2.05, 4.69) is 70.4 Å². The van der Waals surface area contributed by atoms with Crippen molar-refractivity contribution in [2.75, 3.05) is 18.0 Å². The number of benzene rings is 4. The summed E-state index contributed by atoms with van der Waals surface area (Å²) in [5, 5.41) is 9.78. The molecule has 2 heterocycles. The highest BCUT2D eigenvalue weighted by Gasteiger charge is 2.40. The van der Waals surface area contributed by atoms with Crippen LogP contribution >= 0.6 is 0 Å². The third kappa shape index (κ3) is 6.01. The van der Waals surface area contributed by atoms with Gasteiger partial charge in [0, 0.05) is 36.3 Å². The summed E-state index contributed by atoms with van der Waals surface area (Å²) in [5.74, 6) is 1.24. The van der Waals surface area contributed by atoms with Crippen molar-refractivity contribution in [1.82, 2.24) is 0 Å². The zero-order valence-electron chi connectivity index (χ0n) is 24.1. The topological polar surface area (TPSA) is 40.6 Å². The molecule has 0 atom stereocenters. The van der Waals surface area contributed by atoms with Gasteiger partial charge >= 0.3 is 0 Å². The van der Waals surface area contributed by atoms with Gasteiger partial charge in [0.2, 0.25) is 0 Å². The quantitative estimate of drug-likeness (QED) is 0.175. The van der Waals surface area contributed by atoms with Crippen LogP contribution in [0, 0.1) is 17.9 Å². The molecule has 4 aromatic rings. The molecule has 43 heavy (non-hydrogen) atoms. The van der Waals surface area contributed by atoms with E-state index < -0.39 is 5.60 Å². The number of rotatable bonds is 6. The van der Waals surface area contributed by atoms with Crippen LogP contribution in [0.15, 0.2) is 144 Å². The maximum atomic E-state index is 9.78. The summed E-state index contributed by atoms with van der Waals surface area (Å²) < 4.78 is 6.82. The summed E-state index contributed by atoms with van der Waals surface area (Å²) in [5.41, 5.74) is 5.58. The molecule has 0 aliphatic carbocycles. The van der Waals surface area contributed by atoms with Crippen molar-refractivity contribution >= 4 is 11.8 Å². The van der Waals surface area contributed by atoms with E-state index >= 15 is 0 Å². The molecule has 210 valence electrons. The molecule has 0 radical (unpaired) electrons. The first-order valence-corrected chi connectivity index (χ1v) is 14.8. The predicted molar refractivity (Wildman–Crippen MR) is 173 cm³/mol. The Kier molecular flexibility index (Phi) is 8.21. The van der Waals surface area contributed by atoms with Gasteiger partial charge < -0.3 is 9.64 Å². The molecule has 6 rings (SSSR count). The average Bonchev–Trinajstić information content (AvgIpc) is 3.09. The molecule has 4 nitrogen and oxygen atoms in total. The lowest BCUT2D eigenvalue weighted by Gasteiger charge is -2.39. The molecule has 0 unspecified atom stereocenters. The van der Waals surface area contributed by atoms with Gasteiger partial charge in [-0.05, 0) is 59.7 Å². The number of ether oxygens (including phenoxy) is 1. The molecular formula is C39H33N3O. The lowest BCUT2D eigenvalue weighted by atomic mass is 9.79. The highest BCUT2D eigenvalue weighted by Crippen LogP contribution is 2.45. The van der Waals surface area contributed by atoms with Crippen LogP contribution in [-0.2, 0) is 10.3 Å². The lowest BCUT2D eigenvalue weighted by molar-refractivity contribution is 0.0348. The molecule has 1 fully saturated rings. The number of piperidine rings is 1. The van der Waals surface area contributed by atoms with E-state index in [4.69, 9.17) is 11.3 Å². The SMILES string of the molecule is [C-]#[N+]C(C#N)=C1C=C(C=Cc2ccc(N3CCC(c4ccccc4)CC3)cc2)OC(c2ccccc2)(c2ccccc2)C1. The van der Waals surface area contributed by atoms with E-state index in [9.17, 15) is 5.26 Å². The van der Waals surface area contributed by atoms with E-state index in [1.54, 1.807) is 0 Å². The van der Waals surface area contributed by atoms with Crippen LogP contribution in [0.1, 0.15) is 47.4 Å². The second kappa shape index (κ2) is 12.7. The highest BCUT2D eigenvalue weighted by molar-refractivity contribution is 5.59. The van der Waals surface area contributed by atoms with E-state index in [-0.39, 0.29) is 5.70 Å². The molecule has 2 aliphatic heterocycles. The fourth-order valence-corrected chi connectivity index (χ4v) is 6.23. The molecule has 4 heteroatoms.